The van der Waals surface area contributed by atoms with E-state index >= 15 is 0 Å². The van der Waals surface area contributed by atoms with Crippen molar-refractivity contribution in [2.75, 3.05) is 33.7 Å². The fraction of sp³-hybridized carbons (Fsp3) is 0.857. The largest absolute Gasteiger partial charge is 0.359 e. The van der Waals surface area contributed by atoms with Crippen molar-refractivity contribution >= 4 is 11.9 Å². The molecule has 0 atom stereocenters. The molecule has 1 aliphatic heterocycles. The number of guanidine groups is 1. The molecule has 0 aromatic carbocycles. The summed E-state index contributed by atoms with van der Waals surface area (Å²) in [5.74, 6) is 1.75. The molecule has 5 heteroatoms. The summed E-state index contributed by atoms with van der Waals surface area (Å²) in [6.45, 7) is 8.84. The third kappa shape index (κ3) is 4.40. The monoisotopic (exact) mass is 268 g/mol. The van der Waals surface area contributed by atoms with Gasteiger partial charge in [0.1, 0.15) is 0 Å². The van der Waals surface area contributed by atoms with E-state index in [2.05, 4.69) is 27.4 Å². The lowest BCUT2D eigenvalue weighted by molar-refractivity contribution is -0.128. The van der Waals surface area contributed by atoms with E-state index in [0.717, 1.165) is 25.0 Å². The Morgan fingerprint density at radius 1 is 1.37 bits per heavy atom. The van der Waals surface area contributed by atoms with Gasteiger partial charge in [-0.15, -0.1) is 0 Å². The highest BCUT2D eigenvalue weighted by Gasteiger charge is 2.27. The first-order valence-electron chi connectivity index (χ1n) is 7.08. The number of hydrogen-bond donors (Lipinski definition) is 2. The molecule has 19 heavy (non-hydrogen) atoms. The smallest absolute Gasteiger partial charge is 0.227 e. The normalized spacial score (nSPS) is 18.4. The molecule has 1 aliphatic rings. The molecule has 0 spiro atoms. The van der Waals surface area contributed by atoms with Gasteiger partial charge in [-0.2, -0.15) is 0 Å². The van der Waals surface area contributed by atoms with Crippen LogP contribution in [0.25, 0.3) is 0 Å². The minimum absolute atomic E-state index is 0.0442. The van der Waals surface area contributed by atoms with E-state index in [9.17, 15) is 4.79 Å². The van der Waals surface area contributed by atoms with Gasteiger partial charge < -0.3 is 15.5 Å². The second-order valence-corrected chi connectivity index (χ2v) is 6.03. The second-order valence-electron chi connectivity index (χ2n) is 6.03. The van der Waals surface area contributed by atoms with Crippen molar-refractivity contribution in [3.05, 3.63) is 0 Å². The molecule has 0 radical (unpaired) electrons. The Morgan fingerprint density at radius 3 is 2.42 bits per heavy atom. The van der Waals surface area contributed by atoms with Crippen molar-refractivity contribution in [3.8, 4) is 0 Å². The van der Waals surface area contributed by atoms with E-state index in [1.807, 2.05) is 13.8 Å². The van der Waals surface area contributed by atoms with Crippen LogP contribution in [-0.2, 0) is 4.79 Å². The van der Waals surface area contributed by atoms with Crippen molar-refractivity contribution in [2.24, 2.45) is 16.3 Å². The molecule has 2 N–H and O–H groups in total. The van der Waals surface area contributed by atoms with Crippen LogP contribution in [0.3, 0.4) is 0 Å². The van der Waals surface area contributed by atoms with Crippen molar-refractivity contribution in [2.45, 2.75) is 33.6 Å². The Hall–Kier alpha value is -1.26. The molecule has 0 aromatic heterocycles. The fourth-order valence-electron chi connectivity index (χ4n) is 2.27. The van der Waals surface area contributed by atoms with Crippen LogP contribution in [0.5, 0.6) is 0 Å². The average Bonchev–Trinajstić information content (AvgIpc) is 2.40. The number of carbonyl (C=O) groups excluding carboxylic acids is 1. The van der Waals surface area contributed by atoms with Crippen LogP contribution in [0, 0.1) is 11.3 Å². The second kappa shape index (κ2) is 6.78. The molecule has 110 valence electrons. The van der Waals surface area contributed by atoms with Crippen molar-refractivity contribution in [3.63, 3.8) is 0 Å². The molecular formula is C14H28N4O. The molecule has 1 heterocycles. The number of hydrogen-bond acceptors (Lipinski definition) is 2. The van der Waals surface area contributed by atoms with Gasteiger partial charge in [-0.1, -0.05) is 6.92 Å². The van der Waals surface area contributed by atoms with Gasteiger partial charge in [0.2, 0.25) is 5.91 Å². The first-order valence-corrected chi connectivity index (χ1v) is 7.08. The minimum Gasteiger partial charge on any atom is -0.359 e. The summed E-state index contributed by atoms with van der Waals surface area (Å²) in [7, 11) is 3.47. The van der Waals surface area contributed by atoms with Crippen LogP contribution >= 0.6 is 0 Å². The summed E-state index contributed by atoms with van der Waals surface area (Å²) >= 11 is 0. The maximum Gasteiger partial charge on any atom is 0.227 e. The van der Waals surface area contributed by atoms with Gasteiger partial charge in [-0.25, -0.2) is 0 Å². The minimum atomic E-state index is -0.437. The topological polar surface area (TPSA) is 56.7 Å². The lowest BCUT2D eigenvalue weighted by atomic mass is 9.92. The Labute approximate surface area is 116 Å². The van der Waals surface area contributed by atoms with Crippen LogP contribution in [0.2, 0.25) is 0 Å². The zero-order valence-corrected chi connectivity index (χ0v) is 12.9. The van der Waals surface area contributed by atoms with Gasteiger partial charge in [0.25, 0.3) is 0 Å². The third-order valence-electron chi connectivity index (χ3n) is 3.83. The predicted molar refractivity (Wildman–Crippen MR) is 79.2 cm³/mol. The first-order chi connectivity index (χ1) is 8.90. The standard InChI is InChI=1S/C14H28N4O/c1-11-6-8-18(9-7-11)13(16-5)17-10-14(2,3)12(19)15-4/h11H,6-10H2,1-5H3,(H,15,19)(H,16,17). The van der Waals surface area contributed by atoms with E-state index in [4.69, 9.17) is 0 Å². The zero-order chi connectivity index (χ0) is 14.5. The van der Waals surface area contributed by atoms with Crippen LogP contribution in [0.4, 0.5) is 0 Å². The summed E-state index contributed by atoms with van der Waals surface area (Å²) in [5, 5.41) is 6.02. The Morgan fingerprint density at radius 2 is 1.95 bits per heavy atom. The molecule has 1 saturated heterocycles. The van der Waals surface area contributed by atoms with E-state index < -0.39 is 5.41 Å². The molecule has 0 aromatic rings. The van der Waals surface area contributed by atoms with E-state index in [0.29, 0.717) is 6.54 Å². The highest BCUT2D eigenvalue weighted by Crippen LogP contribution is 2.17. The molecule has 1 fully saturated rings. The van der Waals surface area contributed by atoms with Crippen LogP contribution in [-0.4, -0.2) is 50.5 Å². The number of rotatable bonds is 3. The number of carbonyl (C=O) groups is 1. The fourth-order valence-corrected chi connectivity index (χ4v) is 2.27. The third-order valence-corrected chi connectivity index (χ3v) is 3.83. The Kier molecular flexibility index (Phi) is 5.63. The first kappa shape index (κ1) is 15.8. The Bertz CT molecular complexity index is 330. The van der Waals surface area contributed by atoms with Crippen LogP contribution in [0.1, 0.15) is 33.6 Å². The van der Waals surface area contributed by atoms with E-state index in [1.54, 1.807) is 14.1 Å². The highest BCUT2D eigenvalue weighted by atomic mass is 16.2. The number of piperidine rings is 1. The molecule has 1 rings (SSSR count). The highest BCUT2D eigenvalue weighted by molar-refractivity contribution is 5.84. The quantitative estimate of drug-likeness (QED) is 0.594. The molecule has 0 saturated carbocycles. The number of amides is 1. The molecule has 0 bridgehead atoms. The van der Waals surface area contributed by atoms with Crippen molar-refractivity contribution in [1.29, 1.82) is 0 Å². The summed E-state index contributed by atoms with van der Waals surface area (Å²) in [6, 6.07) is 0. The summed E-state index contributed by atoms with van der Waals surface area (Å²) in [6.07, 6.45) is 2.42. The lowest BCUT2D eigenvalue weighted by Gasteiger charge is -2.34. The zero-order valence-electron chi connectivity index (χ0n) is 12.9. The summed E-state index contributed by atoms with van der Waals surface area (Å²) in [4.78, 5) is 18.4. The Balaban J connectivity index is 2.52. The SMILES string of the molecule is CN=C(NCC(C)(C)C(=O)NC)N1CCC(C)CC1. The van der Waals surface area contributed by atoms with Crippen LogP contribution in [0.15, 0.2) is 4.99 Å². The molecule has 1 amide bonds. The van der Waals surface area contributed by atoms with Crippen LogP contribution < -0.4 is 10.6 Å². The molecular weight excluding hydrogens is 240 g/mol. The van der Waals surface area contributed by atoms with Gasteiger partial charge in [0, 0.05) is 33.7 Å². The maximum atomic E-state index is 11.7. The lowest BCUT2D eigenvalue weighted by Crippen LogP contribution is -2.50. The van der Waals surface area contributed by atoms with Gasteiger partial charge in [0.15, 0.2) is 5.96 Å². The van der Waals surface area contributed by atoms with E-state index in [-0.39, 0.29) is 5.91 Å². The van der Waals surface area contributed by atoms with Crippen molar-refractivity contribution in [1.82, 2.24) is 15.5 Å². The van der Waals surface area contributed by atoms with Gasteiger partial charge in [-0.3, -0.25) is 9.79 Å². The number of nitrogens with one attached hydrogen (secondary N) is 2. The van der Waals surface area contributed by atoms with Gasteiger partial charge in [-0.05, 0) is 32.6 Å². The number of aliphatic imine (C=N–C) groups is 1. The number of nitrogens with zero attached hydrogens (tertiary/aromatic N) is 2. The summed E-state index contributed by atoms with van der Waals surface area (Å²) in [5.41, 5.74) is -0.437. The average molecular weight is 268 g/mol. The van der Waals surface area contributed by atoms with E-state index in [1.165, 1.54) is 12.8 Å². The van der Waals surface area contributed by atoms with Gasteiger partial charge >= 0.3 is 0 Å². The number of likely N-dealkylation sites (tertiary alicyclic amines) is 1. The van der Waals surface area contributed by atoms with Crippen molar-refractivity contribution < 1.29 is 4.79 Å². The molecule has 5 nitrogen and oxygen atoms in total. The maximum absolute atomic E-state index is 11.7. The summed E-state index contributed by atoms with van der Waals surface area (Å²) < 4.78 is 0. The predicted octanol–water partition coefficient (Wildman–Crippen LogP) is 1.07. The molecule has 0 unspecified atom stereocenters. The molecule has 0 aliphatic carbocycles. The van der Waals surface area contributed by atoms with Gasteiger partial charge in [0.05, 0.1) is 5.41 Å².